The van der Waals surface area contributed by atoms with E-state index in [0.717, 1.165) is 38.8 Å². The van der Waals surface area contributed by atoms with Crippen molar-refractivity contribution >= 4 is 23.1 Å². The van der Waals surface area contributed by atoms with Gasteiger partial charge in [0.2, 0.25) is 0 Å². The molecular weight excluding hydrogens is 412 g/mol. The van der Waals surface area contributed by atoms with Gasteiger partial charge in [0, 0.05) is 41.1 Å². The van der Waals surface area contributed by atoms with Gasteiger partial charge in [-0.15, -0.1) is 11.3 Å². The Morgan fingerprint density at radius 2 is 1.67 bits per heavy atom. The molecule has 3 aromatic heterocycles. The quantitative estimate of drug-likeness (QED) is 0.302. The first-order valence-corrected chi connectivity index (χ1v) is 11.3. The monoisotopic (exact) mass is 430 g/mol. The molecule has 0 bridgehead atoms. The highest BCUT2D eigenvalue weighted by Gasteiger charge is 2.17. The Morgan fingerprint density at radius 1 is 0.933 bits per heavy atom. The number of benzene rings is 2. The molecule has 7 heteroatoms. The van der Waals surface area contributed by atoms with Gasteiger partial charge >= 0.3 is 0 Å². The Balaban J connectivity index is 1.40. The van der Waals surface area contributed by atoms with E-state index in [1.807, 2.05) is 68.0 Å². The van der Waals surface area contributed by atoms with Crippen molar-refractivity contribution < 1.29 is 4.42 Å². The van der Waals surface area contributed by atoms with Gasteiger partial charge in [0.25, 0.3) is 5.22 Å². The second-order valence-corrected chi connectivity index (χ2v) is 8.51. The number of hydrogen-bond donors (Lipinski definition) is 0. The Bertz CT molecular complexity index is 1200. The molecule has 0 aliphatic carbocycles. The van der Waals surface area contributed by atoms with Crippen LogP contribution in [0, 0.1) is 0 Å². The maximum Gasteiger partial charge on any atom is 0.257 e. The van der Waals surface area contributed by atoms with E-state index in [1.165, 1.54) is 0 Å². The zero-order valence-electron chi connectivity index (χ0n) is 16.2. The summed E-state index contributed by atoms with van der Waals surface area (Å²) in [5.74, 6) is 1.48. The van der Waals surface area contributed by atoms with Crippen LogP contribution in [0.3, 0.4) is 0 Å². The fourth-order valence-corrected chi connectivity index (χ4v) is 4.73. The minimum Gasteiger partial charge on any atom is -0.431 e. The number of oxazole rings is 1. The lowest BCUT2D eigenvalue weighted by atomic mass is 10.1. The third-order valence-electron chi connectivity index (χ3n) is 4.54. The Kier molecular flexibility index (Phi) is 5.21. The standard InChI is InChI=1S/C23H18N4OS2/c1-27-13-18(12-24-27)22-25-19(14-29-22)15-30-23-26-20(16-8-4-2-5-9-16)21(28-23)17-10-6-3-7-11-17/h2-14H,15H2,1H3. The van der Waals surface area contributed by atoms with Crippen LogP contribution in [0.25, 0.3) is 33.2 Å². The molecule has 0 aliphatic rings. The lowest BCUT2D eigenvalue weighted by Gasteiger charge is -2.00. The lowest BCUT2D eigenvalue weighted by Crippen LogP contribution is -1.84. The second kappa shape index (κ2) is 8.30. The van der Waals surface area contributed by atoms with Gasteiger partial charge in [-0.3, -0.25) is 4.68 Å². The molecule has 3 heterocycles. The van der Waals surface area contributed by atoms with E-state index < -0.39 is 0 Å². The predicted octanol–water partition coefficient (Wildman–Crippen LogP) is 6.16. The van der Waals surface area contributed by atoms with E-state index in [0.29, 0.717) is 11.0 Å². The number of thiazole rings is 1. The molecule has 0 saturated carbocycles. The van der Waals surface area contributed by atoms with Crippen LogP contribution in [0.15, 0.2) is 88.1 Å². The Hall–Kier alpha value is -3.16. The summed E-state index contributed by atoms with van der Waals surface area (Å²) >= 11 is 3.18. The number of nitrogens with zero attached hydrogens (tertiary/aromatic N) is 4. The molecule has 0 aliphatic heterocycles. The van der Waals surface area contributed by atoms with Gasteiger partial charge in [-0.25, -0.2) is 9.97 Å². The van der Waals surface area contributed by atoms with Crippen LogP contribution >= 0.6 is 23.1 Å². The van der Waals surface area contributed by atoms with Crippen LogP contribution in [0.2, 0.25) is 0 Å². The van der Waals surface area contributed by atoms with Crippen molar-refractivity contribution in [3.05, 3.63) is 84.1 Å². The van der Waals surface area contributed by atoms with Crippen LogP contribution in [0.5, 0.6) is 0 Å². The maximum absolute atomic E-state index is 6.19. The van der Waals surface area contributed by atoms with Crippen LogP contribution in [-0.4, -0.2) is 19.7 Å². The molecule has 2 aromatic carbocycles. The first-order chi connectivity index (χ1) is 14.8. The summed E-state index contributed by atoms with van der Waals surface area (Å²) in [7, 11) is 1.91. The molecule has 0 N–H and O–H groups in total. The molecule has 30 heavy (non-hydrogen) atoms. The number of thioether (sulfide) groups is 1. The predicted molar refractivity (Wildman–Crippen MR) is 121 cm³/mol. The zero-order valence-corrected chi connectivity index (χ0v) is 17.9. The summed E-state index contributed by atoms with van der Waals surface area (Å²) in [6, 6.07) is 20.2. The Morgan fingerprint density at radius 3 is 2.37 bits per heavy atom. The molecule has 0 unspecified atom stereocenters. The Labute approximate surface area is 182 Å². The van der Waals surface area contributed by atoms with Crippen molar-refractivity contribution in [3.63, 3.8) is 0 Å². The minimum absolute atomic E-state index is 0.642. The highest BCUT2D eigenvalue weighted by atomic mass is 32.2. The second-order valence-electron chi connectivity index (χ2n) is 6.72. The van der Waals surface area contributed by atoms with E-state index >= 15 is 0 Å². The molecule has 5 rings (SSSR count). The largest absolute Gasteiger partial charge is 0.431 e. The van der Waals surface area contributed by atoms with Crippen molar-refractivity contribution in [1.29, 1.82) is 0 Å². The van der Waals surface area contributed by atoms with Crippen molar-refractivity contribution in [2.75, 3.05) is 0 Å². The minimum atomic E-state index is 0.642. The van der Waals surface area contributed by atoms with Gasteiger partial charge in [-0.2, -0.15) is 5.10 Å². The van der Waals surface area contributed by atoms with E-state index in [2.05, 4.69) is 22.6 Å². The van der Waals surface area contributed by atoms with Crippen molar-refractivity contribution in [1.82, 2.24) is 19.7 Å². The molecule has 0 amide bonds. The summed E-state index contributed by atoms with van der Waals surface area (Å²) in [4.78, 5) is 9.53. The third-order valence-corrected chi connectivity index (χ3v) is 6.34. The van der Waals surface area contributed by atoms with Crippen LogP contribution < -0.4 is 0 Å². The molecule has 5 nitrogen and oxygen atoms in total. The van der Waals surface area contributed by atoms with E-state index in [-0.39, 0.29) is 0 Å². The van der Waals surface area contributed by atoms with Crippen molar-refractivity contribution in [2.45, 2.75) is 11.0 Å². The van der Waals surface area contributed by atoms with E-state index in [9.17, 15) is 0 Å². The summed E-state index contributed by atoms with van der Waals surface area (Å²) in [6.07, 6.45) is 3.81. The molecule has 5 aromatic rings. The average Bonchev–Trinajstić information content (AvgIpc) is 3.53. The number of rotatable bonds is 6. The highest BCUT2D eigenvalue weighted by Crippen LogP contribution is 2.36. The van der Waals surface area contributed by atoms with Gasteiger partial charge < -0.3 is 4.42 Å². The average molecular weight is 431 g/mol. The van der Waals surface area contributed by atoms with Crippen molar-refractivity contribution in [2.24, 2.45) is 7.05 Å². The molecule has 0 atom stereocenters. The van der Waals surface area contributed by atoms with Crippen molar-refractivity contribution in [3.8, 4) is 33.2 Å². The summed E-state index contributed by atoms with van der Waals surface area (Å²) < 4.78 is 7.97. The van der Waals surface area contributed by atoms with E-state index in [4.69, 9.17) is 14.4 Å². The molecule has 148 valence electrons. The molecule has 0 radical (unpaired) electrons. The summed E-state index contributed by atoms with van der Waals surface area (Å²) in [5, 5.41) is 7.91. The first kappa shape index (κ1) is 18.8. The normalized spacial score (nSPS) is 11.1. The third kappa shape index (κ3) is 3.94. The fraction of sp³-hybridized carbons (Fsp3) is 0.0870. The fourth-order valence-electron chi connectivity index (χ4n) is 3.11. The molecule has 0 fully saturated rings. The molecule has 0 saturated heterocycles. The van der Waals surface area contributed by atoms with Crippen LogP contribution in [0.4, 0.5) is 0 Å². The zero-order chi connectivity index (χ0) is 20.3. The smallest absolute Gasteiger partial charge is 0.257 e. The maximum atomic E-state index is 6.19. The highest BCUT2D eigenvalue weighted by molar-refractivity contribution is 7.98. The first-order valence-electron chi connectivity index (χ1n) is 9.44. The van der Waals surface area contributed by atoms with Gasteiger partial charge in [0.1, 0.15) is 10.7 Å². The van der Waals surface area contributed by atoms with Gasteiger partial charge in [-0.05, 0) is 0 Å². The number of hydrogen-bond acceptors (Lipinski definition) is 6. The van der Waals surface area contributed by atoms with Gasteiger partial charge in [0.15, 0.2) is 5.76 Å². The molecule has 0 spiro atoms. The summed E-state index contributed by atoms with van der Waals surface area (Å²) in [5.41, 5.74) is 4.96. The lowest BCUT2D eigenvalue weighted by molar-refractivity contribution is 0.466. The van der Waals surface area contributed by atoms with Gasteiger partial charge in [0.05, 0.1) is 11.9 Å². The van der Waals surface area contributed by atoms with Crippen LogP contribution in [0.1, 0.15) is 5.69 Å². The topological polar surface area (TPSA) is 56.7 Å². The number of aromatic nitrogens is 4. The summed E-state index contributed by atoms with van der Waals surface area (Å²) in [6.45, 7) is 0. The van der Waals surface area contributed by atoms with Gasteiger partial charge in [-0.1, -0.05) is 72.4 Å². The van der Waals surface area contributed by atoms with Crippen LogP contribution in [-0.2, 0) is 12.8 Å². The SMILES string of the molecule is Cn1cc(-c2nc(CSc3nc(-c4ccccc4)c(-c4ccccc4)o3)cs2)cn1. The van der Waals surface area contributed by atoms with E-state index in [1.54, 1.807) is 27.8 Å². The molecular formula is C23H18N4OS2. The number of aryl methyl sites for hydroxylation is 1.